The van der Waals surface area contributed by atoms with Crippen LogP contribution in [0.5, 0.6) is 5.19 Å². The summed E-state index contributed by atoms with van der Waals surface area (Å²) in [6, 6.07) is 0. The number of aromatic carboxylic acids is 1. The van der Waals surface area contributed by atoms with Gasteiger partial charge in [0.05, 0.1) is 6.61 Å². The predicted octanol–water partition coefficient (Wildman–Crippen LogP) is 0.867. The molecule has 1 aromatic rings. The second-order valence-corrected chi connectivity index (χ2v) is 2.97. The summed E-state index contributed by atoms with van der Waals surface area (Å²) < 4.78 is 9.85. The van der Waals surface area contributed by atoms with Gasteiger partial charge in [-0.3, -0.25) is 0 Å². The molecule has 0 saturated carbocycles. The van der Waals surface area contributed by atoms with Gasteiger partial charge < -0.3 is 14.6 Å². The molecule has 0 atom stereocenters. The Kier molecular flexibility index (Phi) is 3.66. The fourth-order valence-corrected chi connectivity index (χ4v) is 1.30. The average molecular weight is 203 g/mol. The number of rotatable bonds is 5. The van der Waals surface area contributed by atoms with Gasteiger partial charge in [-0.1, -0.05) is 11.3 Å². The molecule has 0 radical (unpaired) electrons. The molecule has 0 bridgehead atoms. The molecule has 1 aromatic heterocycles. The number of carboxylic acid groups (broad SMARTS) is 1. The third-order valence-electron chi connectivity index (χ3n) is 1.22. The first-order chi connectivity index (χ1) is 6.24. The van der Waals surface area contributed by atoms with Crippen molar-refractivity contribution in [3.05, 3.63) is 11.1 Å². The van der Waals surface area contributed by atoms with Crippen LogP contribution < -0.4 is 4.74 Å². The van der Waals surface area contributed by atoms with E-state index >= 15 is 0 Å². The van der Waals surface area contributed by atoms with Crippen molar-refractivity contribution in [1.29, 1.82) is 0 Å². The first-order valence-corrected chi connectivity index (χ1v) is 4.42. The van der Waals surface area contributed by atoms with Gasteiger partial charge in [-0.15, -0.1) is 0 Å². The summed E-state index contributed by atoms with van der Waals surface area (Å²) in [4.78, 5) is 14.1. The number of aromatic nitrogens is 1. The smallest absolute Gasteiger partial charge is 0.355 e. The maximum absolute atomic E-state index is 10.4. The number of methoxy groups -OCH3 is 1. The molecular formula is C7H9NO4S. The van der Waals surface area contributed by atoms with Crippen molar-refractivity contribution in [2.45, 2.75) is 0 Å². The lowest BCUT2D eigenvalue weighted by atomic mass is 10.5. The third-order valence-corrected chi connectivity index (χ3v) is 1.97. The van der Waals surface area contributed by atoms with Gasteiger partial charge in [0.15, 0.2) is 5.69 Å². The van der Waals surface area contributed by atoms with Crippen LogP contribution in [0.3, 0.4) is 0 Å². The lowest BCUT2D eigenvalue weighted by Gasteiger charge is -1.99. The molecular weight excluding hydrogens is 194 g/mol. The van der Waals surface area contributed by atoms with Crippen LogP contribution in [0.4, 0.5) is 0 Å². The molecule has 72 valence electrons. The van der Waals surface area contributed by atoms with Crippen LogP contribution in [0.15, 0.2) is 5.38 Å². The highest BCUT2D eigenvalue weighted by atomic mass is 32.1. The van der Waals surface area contributed by atoms with Crippen LogP contribution in [0.2, 0.25) is 0 Å². The molecule has 0 saturated heterocycles. The molecule has 0 fully saturated rings. The Labute approximate surface area is 78.9 Å². The molecule has 0 aliphatic rings. The van der Waals surface area contributed by atoms with Crippen molar-refractivity contribution < 1.29 is 19.4 Å². The monoisotopic (exact) mass is 203 g/mol. The van der Waals surface area contributed by atoms with E-state index in [1.54, 1.807) is 7.11 Å². The first kappa shape index (κ1) is 9.94. The van der Waals surface area contributed by atoms with E-state index < -0.39 is 5.97 Å². The number of nitrogens with zero attached hydrogens (tertiary/aromatic N) is 1. The summed E-state index contributed by atoms with van der Waals surface area (Å²) in [7, 11) is 1.56. The van der Waals surface area contributed by atoms with Crippen molar-refractivity contribution >= 4 is 17.3 Å². The normalized spacial score (nSPS) is 9.92. The number of ether oxygens (including phenoxy) is 2. The minimum absolute atomic E-state index is 0.0115. The molecule has 1 N–H and O–H groups in total. The predicted molar refractivity (Wildman–Crippen MR) is 46.4 cm³/mol. The number of hydrogen-bond donors (Lipinski definition) is 1. The largest absolute Gasteiger partial charge is 0.476 e. The van der Waals surface area contributed by atoms with Gasteiger partial charge in [-0.05, 0) is 0 Å². The van der Waals surface area contributed by atoms with Gasteiger partial charge >= 0.3 is 5.97 Å². The molecule has 0 spiro atoms. The second-order valence-electron chi connectivity index (χ2n) is 2.15. The molecule has 0 aliphatic carbocycles. The Morgan fingerprint density at radius 3 is 3.00 bits per heavy atom. The summed E-state index contributed by atoms with van der Waals surface area (Å²) in [5, 5.41) is 10.3. The van der Waals surface area contributed by atoms with Gasteiger partial charge in [0.1, 0.15) is 6.61 Å². The summed E-state index contributed by atoms with van der Waals surface area (Å²) >= 11 is 1.16. The maximum Gasteiger partial charge on any atom is 0.355 e. The molecule has 1 heterocycles. The van der Waals surface area contributed by atoms with Gasteiger partial charge in [-0.25, -0.2) is 4.79 Å². The third kappa shape index (κ3) is 3.00. The Balaban J connectivity index is 2.44. The van der Waals surface area contributed by atoms with E-state index in [-0.39, 0.29) is 5.69 Å². The highest BCUT2D eigenvalue weighted by Crippen LogP contribution is 2.17. The fraction of sp³-hybridized carbons (Fsp3) is 0.429. The minimum Gasteiger partial charge on any atom is -0.476 e. The van der Waals surface area contributed by atoms with Crippen LogP contribution in [-0.2, 0) is 4.74 Å². The molecule has 0 amide bonds. The summed E-state index contributed by atoms with van der Waals surface area (Å²) in [5.74, 6) is -1.04. The van der Waals surface area contributed by atoms with Gasteiger partial charge in [-0.2, -0.15) is 4.98 Å². The van der Waals surface area contributed by atoms with Gasteiger partial charge in [0, 0.05) is 12.5 Å². The van der Waals surface area contributed by atoms with Crippen LogP contribution in [-0.4, -0.2) is 36.4 Å². The molecule has 13 heavy (non-hydrogen) atoms. The first-order valence-electron chi connectivity index (χ1n) is 3.54. The van der Waals surface area contributed by atoms with E-state index in [1.165, 1.54) is 5.38 Å². The van der Waals surface area contributed by atoms with E-state index in [1.807, 2.05) is 0 Å². The zero-order chi connectivity index (χ0) is 9.68. The summed E-state index contributed by atoms with van der Waals surface area (Å²) in [6.07, 6.45) is 0. The van der Waals surface area contributed by atoms with Crippen molar-refractivity contribution in [1.82, 2.24) is 4.98 Å². The molecule has 0 aromatic carbocycles. The molecule has 0 aliphatic heterocycles. The van der Waals surface area contributed by atoms with Crippen LogP contribution in [0.25, 0.3) is 0 Å². The lowest BCUT2D eigenvalue weighted by Crippen LogP contribution is -2.04. The Morgan fingerprint density at radius 2 is 2.46 bits per heavy atom. The highest BCUT2D eigenvalue weighted by Gasteiger charge is 2.08. The second kappa shape index (κ2) is 4.78. The topological polar surface area (TPSA) is 68.7 Å². The van der Waals surface area contributed by atoms with Crippen molar-refractivity contribution in [2.24, 2.45) is 0 Å². The van der Waals surface area contributed by atoms with Crippen molar-refractivity contribution in [3.8, 4) is 5.19 Å². The average Bonchev–Trinajstić information content (AvgIpc) is 2.53. The summed E-state index contributed by atoms with van der Waals surface area (Å²) in [6.45, 7) is 0.838. The van der Waals surface area contributed by atoms with Gasteiger partial charge in [0.2, 0.25) is 0 Å². The summed E-state index contributed by atoms with van der Waals surface area (Å²) in [5.41, 5.74) is 0.0115. The molecule has 5 nitrogen and oxygen atoms in total. The zero-order valence-electron chi connectivity index (χ0n) is 7.02. The lowest BCUT2D eigenvalue weighted by molar-refractivity contribution is 0.0690. The number of hydrogen-bond acceptors (Lipinski definition) is 5. The van der Waals surface area contributed by atoms with E-state index in [4.69, 9.17) is 14.6 Å². The van der Waals surface area contributed by atoms with Crippen LogP contribution in [0.1, 0.15) is 10.5 Å². The van der Waals surface area contributed by atoms with E-state index in [9.17, 15) is 4.79 Å². The Hall–Kier alpha value is -1.14. The minimum atomic E-state index is -1.04. The van der Waals surface area contributed by atoms with Gasteiger partial charge in [0.25, 0.3) is 5.19 Å². The number of carboxylic acids is 1. The number of carbonyl (C=O) groups is 1. The van der Waals surface area contributed by atoms with Crippen molar-refractivity contribution in [3.63, 3.8) is 0 Å². The van der Waals surface area contributed by atoms with E-state index in [2.05, 4.69) is 4.98 Å². The Bertz CT molecular complexity index is 286. The highest BCUT2D eigenvalue weighted by molar-refractivity contribution is 7.11. The van der Waals surface area contributed by atoms with E-state index in [0.717, 1.165) is 11.3 Å². The molecule has 6 heteroatoms. The van der Waals surface area contributed by atoms with Crippen LogP contribution >= 0.6 is 11.3 Å². The van der Waals surface area contributed by atoms with E-state index in [0.29, 0.717) is 18.4 Å². The SMILES string of the molecule is COCCOc1nc(C(=O)O)cs1. The molecule has 0 unspecified atom stereocenters. The quantitative estimate of drug-likeness (QED) is 0.719. The fourth-order valence-electron chi connectivity index (χ4n) is 0.634. The number of thiazole rings is 1. The molecule has 1 rings (SSSR count). The zero-order valence-corrected chi connectivity index (χ0v) is 7.84. The standard InChI is InChI=1S/C7H9NO4S/c1-11-2-3-12-7-8-5(4-13-7)6(9)10/h4H,2-3H2,1H3,(H,9,10). The van der Waals surface area contributed by atoms with Crippen LogP contribution in [0, 0.1) is 0 Å². The maximum atomic E-state index is 10.4. The van der Waals surface area contributed by atoms with Crippen molar-refractivity contribution in [2.75, 3.05) is 20.3 Å². The Morgan fingerprint density at radius 1 is 1.69 bits per heavy atom.